The molecule has 0 saturated carbocycles. The van der Waals surface area contributed by atoms with Crippen LogP contribution < -0.4 is 0 Å². The Kier molecular flexibility index (Phi) is 3.83. The van der Waals surface area contributed by atoms with Crippen molar-refractivity contribution in [3.63, 3.8) is 0 Å². The Morgan fingerprint density at radius 3 is 2.24 bits per heavy atom. The summed E-state index contributed by atoms with van der Waals surface area (Å²) in [6, 6.07) is 6.10. The summed E-state index contributed by atoms with van der Waals surface area (Å²) >= 11 is 0. The van der Waals surface area contributed by atoms with Gasteiger partial charge in [-0.2, -0.15) is 5.26 Å². The first-order valence-corrected chi connectivity index (χ1v) is 6.72. The van der Waals surface area contributed by atoms with Gasteiger partial charge in [0.05, 0.1) is 11.0 Å². The molecule has 17 heavy (non-hydrogen) atoms. The Morgan fingerprint density at radius 2 is 1.82 bits per heavy atom. The van der Waals surface area contributed by atoms with Gasteiger partial charge < -0.3 is 0 Å². The fraction of sp³-hybridized carbons (Fsp3) is 0.364. The molecule has 0 atom stereocenters. The molecular formula is C11H11F2NO2S. The second kappa shape index (κ2) is 4.80. The van der Waals surface area contributed by atoms with Gasteiger partial charge in [-0.15, -0.1) is 0 Å². The highest BCUT2D eigenvalue weighted by Crippen LogP contribution is 2.33. The number of hydrogen-bond donors (Lipinski definition) is 0. The van der Waals surface area contributed by atoms with Crippen LogP contribution in [0.4, 0.5) is 8.78 Å². The van der Waals surface area contributed by atoms with Crippen molar-refractivity contribution in [2.75, 3.05) is 6.26 Å². The zero-order valence-corrected chi connectivity index (χ0v) is 9.97. The molecule has 0 radical (unpaired) electrons. The van der Waals surface area contributed by atoms with Gasteiger partial charge in [0.1, 0.15) is 0 Å². The zero-order valence-electron chi connectivity index (χ0n) is 9.15. The monoisotopic (exact) mass is 259 g/mol. The van der Waals surface area contributed by atoms with Crippen LogP contribution in [-0.4, -0.2) is 14.7 Å². The minimum atomic E-state index is -3.38. The van der Waals surface area contributed by atoms with Crippen LogP contribution in [0.25, 0.3) is 0 Å². The first-order chi connectivity index (χ1) is 7.77. The Labute approximate surface area is 98.6 Å². The third-order valence-electron chi connectivity index (χ3n) is 2.26. The molecule has 0 aliphatic carbocycles. The number of alkyl halides is 2. The highest BCUT2D eigenvalue weighted by atomic mass is 32.2. The second-order valence-electron chi connectivity index (χ2n) is 3.66. The molecule has 0 spiro atoms. The summed E-state index contributed by atoms with van der Waals surface area (Å²) in [6.45, 7) is 0. The van der Waals surface area contributed by atoms with Gasteiger partial charge in [0, 0.05) is 24.7 Å². The van der Waals surface area contributed by atoms with E-state index in [1.165, 1.54) is 0 Å². The van der Waals surface area contributed by atoms with E-state index in [0.29, 0.717) is 0 Å². The van der Waals surface area contributed by atoms with Gasteiger partial charge >= 0.3 is 0 Å². The van der Waals surface area contributed by atoms with Crippen LogP contribution in [0.2, 0.25) is 0 Å². The topological polar surface area (TPSA) is 57.9 Å². The van der Waals surface area contributed by atoms with Crippen LogP contribution in [0.1, 0.15) is 18.4 Å². The molecule has 0 unspecified atom stereocenters. The first kappa shape index (κ1) is 13.6. The van der Waals surface area contributed by atoms with Crippen LogP contribution in [0.15, 0.2) is 29.2 Å². The molecule has 6 heteroatoms. The quantitative estimate of drug-likeness (QED) is 0.834. The summed E-state index contributed by atoms with van der Waals surface area (Å²) < 4.78 is 49.2. The number of nitriles is 1. The van der Waals surface area contributed by atoms with E-state index in [0.717, 1.165) is 30.5 Å². The highest BCUT2D eigenvalue weighted by molar-refractivity contribution is 7.90. The average Bonchev–Trinajstić information content (AvgIpc) is 2.25. The van der Waals surface area contributed by atoms with Gasteiger partial charge in [0.2, 0.25) is 0 Å². The van der Waals surface area contributed by atoms with Gasteiger partial charge in [0.15, 0.2) is 9.84 Å². The second-order valence-corrected chi connectivity index (χ2v) is 5.67. The van der Waals surface area contributed by atoms with Crippen molar-refractivity contribution >= 4 is 9.84 Å². The lowest BCUT2D eigenvalue weighted by Gasteiger charge is -2.15. The number of hydrogen-bond acceptors (Lipinski definition) is 3. The number of rotatable bonds is 4. The van der Waals surface area contributed by atoms with Gasteiger partial charge in [-0.25, -0.2) is 17.2 Å². The predicted octanol–water partition coefficient (Wildman–Crippen LogP) is 2.49. The summed E-state index contributed by atoms with van der Waals surface area (Å²) in [5.74, 6) is -3.11. The number of halogens is 2. The Bertz CT molecular complexity index is 530. The lowest BCUT2D eigenvalue weighted by Crippen LogP contribution is -2.13. The smallest absolute Gasteiger partial charge is 0.224 e. The van der Waals surface area contributed by atoms with E-state index < -0.39 is 22.2 Å². The Morgan fingerprint density at radius 1 is 1.29 bits per heavy atom. The summed E-state index contributed by atoms with van der Waals surface area (Å²) in [6.07, 6.45) is 0.193. The van der Waals surface area contributed by atoms with E-state index in [1.807, 2.05) is 0 Å². The lowest BCUT2D eigenvalue weighted by molar-refractivity contribution is -0.0120. The molecule has 0 saturated heterocycles. The number of nitrogens with zero attached hydrogens (tertiary/aromatic N) is 1. The molecule has 1 aromatic carbocycles. The minimum absolute atomic E-state index is 0.00247. The zero-order chi connectivity index (χ0) is 13.1. The minimum Gasteiger partial charge on any atom is -0.224 e. The maximum Gasteiger partial charge on any atom is 0.274 e. The predicted molar refractivity (Wildman–Crippen MR) is 58.3 cm³/mol. The standard InChI is InChI=1S/C11H11F2NO2S/c1-17(15,16)10-5-3-9(4-6-10)11(12,13)7-2-8-14/h3-6H,2,7H2,1H3. The number of benzene rings is 1. The molecule has 0 bridgehead atoms. The van der Waals surface area contributed by atoms with Crippen molar-refractivity contribution in [2.24, 2.45) is 0 Å². The van der Waals surface area contributed by atoms with E-state index in [1.54, 1.807) is 6.07 Å². The van der Waals surface area contributed by atoms with Crippen LogP contribution in [0, 0.1) is 11.3 Å². The van der Waals surface area contributed by atoms with Crippen molar-refractivity contribution in [3.8, 4) is 6.07 Å². The molecule has 92 valence electrons. The molecule has 0 aromatic heterocycles. The normalized spacial score (nSPS) is 12.1. The molecule has 1 rings (SSSR count). The van der Waals surface area contributed by atoms with Crippen molar-refractivity contribution in [2.45, 2.75) is 23.7 Å². The van der Waals surface area contributed by atoms with Gasteiger partial charge in [-0.3, -0.25) is 0 Å². The Hall–Kier alpha value is -1.48. The lowest BCUT2D eigenvalue weighted by atomic mass is 10.0. The van der Waals surface area contributed by atoms with Crippen LogP contribution in [0.5, 0.6) is 0 Å². The van der Waals surface area contributed by atoms with Gasteiger partial charge in [-0.05, 0) is 12.1 Å². The van der Waals surface area contributed by atoms with Gasteiger partial charge in [-0.1, -0.05) is 12.1 Å². The molecule has 0 fully saturated rings. The maximum absolute atomic E-state index is 13.5. The number of sulfone groups is 1. The van der Waals surface area contributed by atoms with Crippen LogP contribution in [0.3, 0.4) is 0 Å². The molecule has 0 aliphatic heterocycles. The Balaban J connectivity index is 2.99. The van der Waals surface area contributed by atoms with Crippen LogP contribution in [-0.2, 0) is 15.8 Å². The molecule has 0 amide bonds. The summed E-state index contributed by atoms with van der Waals surface area (Å²) in [5, 5.41) is 8.26. The third kappa shape index (κ3) is 3.49. The maximum atomic E-state index is 13.5. The van der Waals surface area contributed by atoms with E-state index >= 15 is 0 Å². The molecular weight excluding hydrogens is 248 g/mol. The summed E-state index contributed by atoms with van der Waals surface area (Å²) in [7, 11) is -3.38. The van der Waals surface area contributed by atoms with Crippen molar-refractivity contribution < 1.29 is 17.2 Å². The van der Waals surface area contributed by atoms with Gasteiger partial charge in [0.25, 0.3) is 5.92 Å². The van der Waals surface area contributed by atoms with Crippen molar-refractivity contribution in [1.29, 1.82) is 5.26 Å². The third-order valence-corrected chi connectivity index (χ3v) is 3.38. The largest absolute Gasteiger partial charge is 0.274 e. The molecule has 0 N–H and O–H groups in total. The molecule has 1 aromatic rings. The van der Waals surface area contributed by atoms with E-state index in [-0.39, 0.29) is 16.9 Å². The molecule has 0 heterocycles. The summed E-state index contributed by atoms with van der Waals surface area (Å²) in [5.41, 5.74) is -0.278. The highest BCUT2D eigenvalue weighted by Gasteiger charge is 2.30. The molecule has 3 nitrogen and oxygen atoms in total. The van der Waals surface area contributed by atoms with Crippen molar-refractivity contribution in [1.82, 2.24) is 0 Å². The first-order valence-electron chi connectivity index (χ1n) is 4.83. The fourth-order valence-corrected chi connectivity index (χ4v) is 1.93. The molecule has 0 aliphatic rings. The van der Waals surface area contributed by atoms with E-state index in [2.05, 4.69) is 0 Å². The average molecular weight is 259 g/mol. The van der Waals surface area contributed by atoms with Crippen molar-refractivity contribution in [3.05, 3.63) is 29.8 Å². The summed E-state index contributed by atoms with van der Waals surface area (Å²) in [4.78, 5) is -0.00247. The van der Waals surface area contributed by atoms with E-state index in [9.17, 15) is 17.2 Å². The van der Waals surface area contributed by atoms with Crippen LogP contribution >= 0.6 is 0 Å². The van der Waals surface area contributed by atoms with E-state index in [4.69, 9.17) is 5.26 Å². The SMILES string of the molecule is CS(=O)(=O)c1ccc(C(F)(F)CCC#N)cc1. The fourth-order valence-electron chi connectivity index (χ4n) is 1.30.